The molecular formula is C25H28N6O6. The Labute approximate surface area is 213 Å². The maximum Gasteiger partial charge on any atom is 0.267 e. The SMILES string of the molecule is CC(C)(C(=O)NCCOc1cc(N2CCOCC2)ncn1)n1nc(-c2ccc3c(c2)OCO3)ccc1=O. The zero-order chi connectivity index (χ0) is 25.8. The minimum atomic E-state index is -1.25. The van der Waals surface area contributed by atoms with Gasteiger partial charge in [-0.25, -0.2) is 14.6 Å². The van der Waals surface area contributed by atoms with Crippen LogP contribution in [0.1, 0.15) is 13.8 Å². The Kier molecular flexibility index (Phi) is 6.91. The Balaban J connectivity index is 1.21. The average molecular weight is 509 g/mol. The lowest BCUT2D eigenvalue weighted by Crippen LogP contribution is -2.50. The lowest BCUT2D eigenvalue weighted by Gasteiger charge is -2.27. The molecule has 194 valence electrons. The zero-order valence-corrected chi connectivity index (χ0v) is 20.7. The minimum Gasteiger partial charge on any atom is -0.476 e. The van der Waals surface area contributed by atoms with Crippen molar-refractivity contribution in [2.75, 3.05) is 51.1 Å². The van der Waals surface area contributed by atoms with E-state index in [4.69, 9.17) is 18.9 Å². The zero-order valence-electron chi connectivity index (χ0n) is 20.7. The first-order valence-electron chi connectivity index (χ1n) is 12.0. The molecule has 1 fully saturated rings. The van der Waals surface area contributed by atoms with Crippen molar-refractivity contribution in [2.45, 2.75) is 19.4 Å². The van der Waals surface area contributed by atoms with Gasteiger partial charge in [0.25, 0.3) is 5.56 Å². The van der Waals surface area contributed by atoms with Crippen LogP contribution in [0.5, 0.6) is 17.4 Å². The van der Waals surface area contributed by atoms with E-state index in [1.54, 1.807) is 38.1 Å². The molecule has 12 nitrogen and oxygen atoms in total. The highest BCUT2D eigenvalue weighted by Gasteiger charge is 2.32. The Morgan fingerprint density at radius 2 is 1.89 bits per heavy atom. The number of fused-ring (bicyclic) bond motifs is 1. The van der Waals surface area contributed by atoms with E-state index in [1.807, 2.05) is 6.07 Å². The fourth-order valence-corrected chi connectivity index (χ4v) is 4.03. The van der Waals surface area contributed by atoms with Crippen molar-refractivity contribution in [3.63, 3.8) is 0 Å². The predicted molar refractivity (Wildman–Crippen MR) is 133 cm³/mol. The topological polar surface area (TPSA) is 130 Å². The Hall–Kier alpha value is -4.19. The van der Waals surface area contributed by atoms with E-state index >= 15 is 0 Å². The van der Waals surface area contributed by atoms with Gasteiger partial charge in [0, 0.05) is 30.8 Å². The number of carbonyl (C=O) groups is 1. The fraction of sp³-hybridized carbons (Fsp3) is 0.400. The number of hydrogen-bond donors (Lipinski definition) is 1. The Morgan fingerprint density at radius 3 is 2.73 bits per heavy atom. The maximum absolute atomic E-state index is 13.0. The highest BCUT2D eigenvalue weighted by molar-refractivity contribution is 5.83. The quantitative estimate of drug-likeness (QED) is 0.443. The molecule has 1 aromatic carbocycles. The van der Waals surface area contributed by atoms with E-state index in [0.717, 1.165) is 24.5 Å². The van der Waals surface area contributed by atoms with Gasteiger partial charge < -0.3 is 29.2 Å². The molecule has 1 saturated heterocycles. The number of nitrogens with zero attached hydrogens (tertiary/aromatic N) is 5. The van der Waals surface area contributed by atoms with E-state index < -0.39 is 11.1 Å². The number of rotatable bonds is 8. The summed E-state index contributed by atoms with van der Waals surface area (Å²) in [6.45, 7) is 6.67. The molecule has 0 spiro atoms. The second-order valence-electron chi connectivity index (χ2n) is 9.01. The van der Waals surface area contributed by atoms with Crippen LogP contribution in [0.3, 0.4) is 0 Å². The van der Waals surface area contributed by atoms with Gasteiger partial charge in [0.05, 0.1) is 25.5 Å². The summed E-state index contributed by atoms with van der Waals surface area (Å²) < 4.78 is 23.1. The summed E-state index contributed by atoms with van der Waals surface area (Å²) in [6.07, 6.45) is 1.45. The molecule has 0 bridgehead atoms. The fourth-order valence-electron chi connectivity index (χ4n) is 4.03. The number of ether oxygens (including phenoxy) is 4. The minimum absolute atomic E-state index is 0.162. The summed E-state index contributed by atoms with van der Waals surface area (Å²) in [7, 11) is 0. The van der Waals surface area contributed by atoms with Crippen LogP contribution in [0.4, 0.5) is 5.82 Å². The molecule has 2 aliphatic heterocycles. The van der Waals surface area contributed by atoms with Crippen LogP contribution in [0.25, 0.3) is 11.3 Å². The summed E-state index contributed by atoms with van der Waals surface area (Å²) >= 11 is 0. The highest BCUT2D eigenvalue weighted by Crippen LogP contribution is 2.35. The molecule has 1 N–H and O–H groups in total. The molecule has 0 radical (unpaired) electrons. The number of anilines is 1. The molecule has 37 heavy (non-hydrogen) atoms. The van der Waals surface area contributed by atoms with E-state index in [-0.39, 0.29) is 25.9 Å². The third-order valence-corrected chi connectivity index (χ3v) is 6.15. The van der Waals surface area contributed by atoms with E-state index in [2.05, 4.69) is 25.3 Å². The number of morpholine rings is 1. The number of benzene rings is 1. The van der Waals surface area contributed by atoms with Gasteiger partial charge in [-0.2, -0.15) is 5.10 Å². The number of carbonyl (C=O) groups excluding carboxylic acids is 1. The number of amides is 1. The van der Waals surface area contributed by atoms with Gasteiger partial charge in [-0.15, -0.1) is 0 Å². The lowest BCUT2D eigenvalue weighted by molar-refractivity contribution is -0.129. The second-order valence-corrected chi connectivity index (χ2v) is 9.01. The van der Waals surface area contributed by atoms with Gasteiger partial charge in [-0.3, -0.25) is 9.59 Å². The second kappa shape index (κ2) is 10.4. The standard InChI is InChI=1S/C25H28N6O6/c1-25(2,31-23(32)6-4-18(29-31)17-3-5-19-20(13-17)37-16-36-19)24(33)26-7-10-35-22-14-21(27-15-28-22)30-8-11-34-12-9-30/h3-6,13-15H,7-12,16H2,1-2H3,(H,26,33). The van der Waals surface area contributed by atoms with Crippen LogP contribution in [0.15, 0.2) is 47.5 Å². The van der Waals surface area contributed by atoms with Gasteiger partial charge in [-0.1, -0.05) is 0 Å². The number of aromatic nitrogens is 4. The molecule has 0 unspecified atom stereocenters. The van der Waals surface area contributed by atoms with Crippen LogP contribution in [-0.4, -0.2) is 71.9 Å². The molecule has 0 aliphatic carbocycles. The van der Waals surface area contributed by atoms with Crippen LogP contribution in [0.2, 0.25) is 0 Å². The Bertz CT molecular complexity index is 1340. The molecule has 3 aromatic rings. The molecule has 2 aromatic heterocycles. The first kappa shape index (κ1) is 24.5. The van der Waals surface area contributed by atoms with Gasteiger partial charge in [0.15, 0.2) is 11.5 Å². The van der Waals surface area contributed by atoms with Crippen molar-refractivity contribution in [1.82, 2.24) is 25.1 Å². The van der Waals surface area contributed by atoms with Crippen molar-refractivity contribution in [1.29, 1.82) is 0 Å². The van der Waals surface area contributed by atoms with Gasteiger partial charge >= 0.3 is 0 Å². The lowest BCUT2D eigenvalue weighted by atomic mass is 10.0. The molecule has 0 atom stereocenters. The monoisotopic (exact) mass is 508 g/mol. The van der Waals surface area contributed by atoms with Crippen LogP contribution >= 0.6 is 0 Å². The van der Waals surface area contributed by atoms with Crippen LogP contribution < -0.4 is 30.0 Å². The molecule has 4 heterocycles. The smallest absolute Gasteiger partial charge is 0.267 e. The maximum atomic E-state index is 13.0. The normalized spacial score (nSPS) is 14.9. The largest absolute Gasteiger partial charge is 0.476 e. The summed E-state index contributed by atoms with van der Waals surface area (Å²) in [5, 5.41) is 7.30. The van der Waals surface area contributed by atoms with E-state index in [0.29, 0.717) is 36.3 Å². The van der Waals surface area contributed by atoms with Crippen molar-refractivity contribution in [2.24, 2.45) is 0 Å². The van der Waals surface area contributed by atoms with Gasteiger partial charge in [0.2, 0.25) is 18.6 Å². The predicted octanol–water partition coefficient (Wildman–Crippen LogP) is 1.20. The third-order valence-electron chi connectivity index (χ3n) is 6.15. The first-order chi connectivity index (χ1) is 17.9. The molecule has 2 aliphatic rings. The summed E-state index contributed by atoms with van der Waals surface area (Å²) in [4.78, 5) is 36.2. The summed E-state index contributed by atoms with van der Waals surface area (Å²) in [6, 6.07) is 10.2. The summed E-state index contributed by atoms with van der Waals surface area (Å²) in [5.74, 6) is 2.07. The Morgan fingerprint density at radius 1 is 1.08 bits per heavy atom. The van der Waals surface area contributed by atoms with Gasteiger partial charge in [0.1, 0.15) is 24.3 Å². The van der Waals surface area contributed by atoms with Crippen molar-refractivity contribution in [3.05, 3.63) is 53.1 Å². The molecule has 12 heteroatoms. The summed E-state index contributed by atoms with van der Waals surface area (Å²) in [5.41, 5.74) is -0.370. The van der Waals surface area contributed by atoms with Crippen LogP contribution in [-0.2, 0) is 15.1 Å². The molecule has 0 saturated carbocycles. The number of nitrogens with one attached hydrogen (secondary N) is 1. The third kappa shape index (κ3) is 5.33. The molecule has 1 amide bonds. The van der Waals surface area contributed by atoms with Crippen molar-refractivity contribution in [3.8, 4) is 28.6 Å². The number of hydrogen-bond acceptors (Lipinski definition) is 10. The highest BCUT2D eigenvalue weighted by atomic mass is 16.7. The molecule has 5 rings (SSSR count). The first-order valence-corrected chi connectivity index (χ1v) is 12.0. The van der Waals surface area contributed by atoms with Crippen molar-refractivity contribution < 1.29 is 23.7 Å². The van der Waals surface area contributed by atoms with Crippen LogP contribution in [0, 0.1) is 0 Å². The van der Waals surface area contributed by atoms with E-state index in [1.165, 1.54) is 17.1 Å². The molecular weight excluding hydrogens is 480 g/mol. The van der Waals surface area contributed by atoms with Crippen molar-refractivity contribution >= 4 is 11.7 Å². The average Bonchev–Trinajstić information content (AvgIpc) is 3.40. The van der Waals surface area contributed by atoms with Gasteiger partial charge in [-0.05, 0) is 38.1 Å². The van der Waals surface area contributed by atoms with E-state index in [9.17, 15) is 9.59 Å².